The van der Waals surface area contributed by atoms with Crippen LogP contribution in [0.3, 0.4) is 0 Å². The summed E-state index contributed by atoms with van der Waals surface area (Å²) >= 11 is 9.37. The van der Waals surface area contributed by atoms with Crippen LogP contribution >= 0.6 is 46.0 Å². The summed E-state index contributed by atoms with van der Waals surface area (Å²) < 4.78 is 22.4. The van der Waals surface area contributed by atoms with Gasteiger partial charge in [-0.1, -0.05) is 11.6 Å². The van der Waals surface area contributed by atoms with Crippen LogP contribution in [0.4, 0.5) is 0 Å². The molecule has 8 nitrogen and oxygen atoms in total. The SMILES string of the molecule is CC(=O)O[C@@H]1[C@@H](OC(C)=O)[C@@H](Oc2ccc(I)nc2Cl)SC[C@H]1OC(C)=O. The van der Waals surface area contributed by atoms with Crippen molar-refractivity contribution in [3.05, 3.63) is 21.0 Å². The molecule has 1 aromatic rings. The van der Waals surface area contributed by atoms with Gasteiger partial charge in [-0.15, -0.1) is 11.8 Å². The van der Waals surface area contributed by atoms with E-state index in [4.69, 9.17) is 30.5 Å². The first-order valence-corrected chi connectivity index (χ1v) is 10.3. The van der Waals surface area contributed by atoms with Crippen LogP contribution in [0.15, 0.2) is 12.1 Å². The van der Waals surface area contributed by atoms with E-state index in [2.05, 4.69) is 4.98 Å². The highest BCUT2D eigenvalue weighted by atomic mass is 127. The molecule has 1 fully saturated rings. The normalized spacial score (nSPS) is 24.6. The maximum atomic E-state index is 11.6. The van der Waals surface area contributed by atoms with Gasteiger partial charge in [-0.3, -0.25) is 14.4 Å². The van der Waals surface area contributed by atoms with Crippen molar-refractivity contribution in [1.29, 1.82) is 0 Å². The molecule has 0 N–H and O–H groups in total. The third-order valence-electron chi connectivity index (χ3n) is 3.33. The molecule has 0 aromatic carbocycles. The smallest absolute Gasteiger partial charge is 0.303 e. The maximum absolute atomic E-state index is 11.6. The van der Waals surface area contributed by atoms with E-state index >= 15 is 0 Å². The Morgan fingerprint density at radius 2 is 1.67 bits per heavy atom. The highest BCUT2D eigenvalue weighted by molar-refractivity contribution is 14.1. The Kier molecular flexibility index (Phi) is 7.98. The number of nitrogens with zero attached hydrogens (tertiary/aromatic N) is 1. The summed E-state index contributed by atoms with van der Waals surface area (Å²) in [6, 6.07) is 3.35. The molecule has 1 aliphatic heterocycles. The molecule has 11 heteroatoms. The van der Waals surface area contributed by atoms with Crippen LogP contribution in [-0.2, 0) is 28.6 Å². The number of esters is 3. The summed E-state index contributed by atoms with van der Waals surface area (Å²) in [6.45, 7) is 3.69. The zero-order valence-electron chi connectivity index (χ0n) is 14.6. The van der Waals surface area contributed by atoms with E-state index in [-0.39, 0.29) is 10.9 Å². The number of hydrogen-bond donors (Lipinski definition) is 0. The molecule has 0 radical (unpaired) electrons. The Labute approximate surface area is 178 Å². The van der Waals surface area contributed by atoms with Crippen molar-refractivity contribution < 1.29 is 33.3 Å². The van der Waals surface area contributed by atoms with Crippen LogP contribution in [0.1, 0.15) is 20.8 Å². The fraction of sp³-hybridized carbons (Fsp3) is 0.500. The van der Waals surface area contributed by atoms with Crippen molar-refractivity contribution in [2.75, 3.05) is 5.75 Å². The number of pyridine rings is 1. The molecule has 0 aliphatic carbocycles. The first-order chi connectivity index (χ1) is 12.7. The van der Waals surface area contributed by atoms with Crippen LogP contribution in [0.5, 0.6) is 5.75 Å². The van der Waals surface area contributed by atoms with Crippen molar-refractivity contribution in [2.45, 2.75) is 44.5 Å². The zero-order chi connectivity index (χ0) is 20.1. The standard InChI is InChI=1S/C16H17ClINO7S/c1-7(20)23-11-6-27-16(26-10-4-5-12(18)19-15(10)17)14(25-9(3)22)13(11)24-8(2)21/h4-5,11,13-14,16H,6H2,1-3H3/t11-,13+,14-,16+/m1/s1. The number of aromatic nitrogens is 1. The summed E-state index contributed by atoms with van der Waals surface area (Å²) in [5, 5.41) is 0.148. The number of ether oxygens (including phenoxy) is 4. The Balaban J connectivity index is 2.30. The number of hydrogen-bond acceptors (Lipinski definition) is 9. The summed E-state index contributed by atoms with van der Waals surface area (Å²) in [4.78, 5) is 38.6. The van der Waals surface area contributed by atoms with E-state index in [1.165, 1.54) is 32.5 Å². The largest absolute Gasteiger partial charge is 0.472 e. The third-order valence-corrected chi connectivity index (χ3v) is 5.41. The van der Waals surface area contributed by atoms with E-state index in [1.807, 2.05) is 22.6 Å². The fourth-order valence-electron chi connectivity index (χ4n) is 2.42. The lowest BCUT2D eigenvalue weighted by Crippen LogP contribution is -2.55. The minimum atomic E-state index is -1.02. The molecule has 148 valence electrons. The summed E-state index contributed by atoms with van der Waals surface area (Å²) in [5.41, 5.74) is -0.746. The van der Waals surface area contributed by atoms with E-state index in [9.17, 15) is 14.4 Å². The zero-order valence-corrected chi connectivity index (χ0v) is 18.4. The first kappa shape index (κ1) is 22.0. The van der Waals surface area contributed by atoms with Gasteiger partial charge in [-0.05, 0) is 34.7 Å². The summed E-state index contributed by atoms with van der Waals surface area (Å²) in [6.07, 6.45) is -2.81. The third kappa shape index (κ3) is 6.39. The second-order valence-electron chi connectivity index (χ2n) is 5.54. The lowest BCUT2D eigenvalue weighted by Gasteiger charge is -2.39. The molecule has 1 saturated heterocycles. The van der Waals surface area contributed by atoms with Gasteiger partial charge in [0.15, 0.2) is 34.7 Å². The highest BCUT2D eigenvalue weighted by Crippen LogP contribution is 2.35. The predicted molar refractivity (Wildman–Crippen MR) is 106 cm³/mol. The molecule has 1 aromatic heterocycles. The number of carbonyl (C=O) groups excluding carboxylic acids is 3. The van der Waals surface area contributed by atoms with Crippen LogP contribution < -0.4 is 4.74 Å². The Morgan fingerprint density at radius 1 is 1.07 bits per heavy atom. The lowest BCUT2D eigenvalue weighted by atomic mass is 10.1. The quantitative estimate of drug-likeness (QED) is 0.246. The fourth-order valence-corrected chi connectivity index (χ4v) is 4.39. The molecule has 2 heterocycles. The van der Waals surface area contributed by atoms with Crippen LogP contribution in [0, 0.1) is 3.70 Å². The monoisotopic (exact) mass is 529 g/mol. The number of carbonyl (C=O) groups is 3. The van der Waals surface area contributed by atoms with Crippen molar-refractivity contribution in [1.82, 2.24) is 4.98 Å². The topological polar surface area (TPSA) is 101 Å². The maximum Gasteiger partial charge on any atom is 0.303 e. The van der Waals surface area contributed by atoms with Crippen LogP contribution in [0.2, 0.25) is 5.15 Å². The molecule has 0 unspecified atom stereocenters. The molecule has 0 amide bonds. The molecular weight excluding hydrogens is 513 g/mol. The van der Waals surface area contributed by atoms with E-state index < -0.39 is 41.7 Å². The van der Waals surface area contributed by atoms with E-state index in [1.54, 1.807) is 12.1 Å². The molecule has 2 rings (SSSR count). The molecule has 1 aliphatic rings. The average molecular weight is 530 g/mol. The van der Waals surface area contributed by atoms with Gasteiger partial charge in [0, 0.05) is 26.5 Å². The van der Waals surface area contributed by atoms with Gasteiger partial charge in [0.1, 0.15) is 3.70 Å². The van der Waals surface area contributed by atoms with E-state index in [0.29, 0.717) is 9.45 Å². The van der Waals surface area contributed by atoms with E-state index in [0.717, 1.165) is 0 Å². The van der Waals surface area contributed by atoms with Crippen LogP contribution in [0.25, 0.3) is 0 Å². The van der Waals surface area contributed by atoms with Crippen LogP contribution in [-0.4, -0.2) is 52.4 Å². The van der Waals surface area contributed by atoms with Gasteiger partial charge in [0.2, 0.25) is 0 Å². The molecule has 0 saturated carbocycles. The minimum absolute atomic E-state index is 0.148. The van der Waals surface area contributed by atoms with Gasteiger partial charge < -0.3 is 18.9 Å². The Hall–Kier alpha value is -1.27. The molecule has 4 atom stereocenters. The van der Waals surface area contributed by atoms with Crippen molar-refractivity contribution in [2.24, 2.45) is 0 Å². The molecule has 0 bridgehead atoms. The summed E-state index contributed by atoms with van der Waals surface area (Å²) in [5.74, 6) is -1.17. The molecule has 0 spiro atoms. The number of rotatable bonds is 5. The van der Waals surface area contributed by atoms with Crippen molar-refractivity contribution in [3.63, 3.8) is 0 Å². The first-order valence-electron chi connectivity index (χ1n) is 7.79. The van der Waals surface area contributed by atoms with Crippen molar-refractivity contribution >= 4 is 63.9 Å². The van der Waals surface area contributed by atoms with Gasteiger partial charge in [-0.2, -0.15) is 0 Å². The number of thioether (sulfide) groups is 1. The Bertz CT molecular complexity index is 735. The van der Waals surface area contributed by atoms with Gasteiger partial charge in [0.25, 0.3) is 0 Å². The minimum Gasteiger partial charge on any atom is -0.472 e. The second-order valence-corrected chi connectivity index (χ2v) is 8.13. The average Bonchev–Trinajstić information content (AvgIpc) is 2.53. The Morgan fingerprint density at radius 3 is 2.22 bits per heavy atom. The molecular formula is C16H17ClINO7S. The van der Waals surface area contributed by atoms with Gasteiger partial charge in [-0.25, -0.2) is 4.98 Å². The molecule has 27 heavy (non-hydrogen) atoms. The van der Waals surface area contributed by atoms with Crippen molar-refractivity contribution in [3.8, 4) is 5.75 Å². The summed E-state index contributed by atoms with van der Waals surface area (Å²) in [7, 11) is 0. The highest BCUT2D eigenvalue weighted by Gasteiger charge is 2.47. The second kappa shape index (κ2) is 9.78. The lowest BCUT2D eigenvalue weighted by molar-refractivity contribution is -0.186. The van der Waals surface area contributed by atoms with Gasteiger partial charge >= 0.3 is 17.9 Å². The predicted octanol–water partition coefficient (Wildman–Crippen LogP) is 2.59. The van der Waals surface area contributed by atoms with Gasteiger partial charge in [0.05, 0.1) is 0 Å². The number of halogens is 2.